The molecule has 9 nitrogen and oxygen atoms in total. The lowest BCUT2D eigenvalue weighted by Gasteiger charge is -2.35. The van der Waals surface area contributed by atoms with Gasteiger partial charge in [-0.25, -0.2) is 14.8 Å². The number of pyridine rings is 2. The van der Waals surface area contributed by atoms with E-state index in [0.29, 0.717) is 25.2 Å². The zero-order valence-electron chi connectivity index (χ0n) is 16.3. The van der Waals surface area contributed by atoms with Crippen LogP contribution in [0.1, 0.15) is 23.8 Å². The van der Waals surface area contributed by atoms with E-state index in [1.54, 1.807) is 6.07 Å². The molecule has 2 aliphatic rings. The van der Waals surface area contributed by atoms with Crippen molar-refractivity contribution < 1.29 is 27.9 Å². The second kappa shape index (κ2) is 7.60. The standard InChI is InChI=1S/C19H19F3N6O3/c1-10(19(20,21)22)24-17(30)13-2-3-14-16(25-13)28(11-5-7-27(14)9-11)18(31)26-15-8-12(29)4-6-23-15/h2-4,6,8,10-11H,5,7,9H2,1H3,(H,24,30)(H2,23,26,29,31)/t10-,11+/m1/s1. The highest BCUT2D eigenvalue weighted by Gasteiger charge is 2.41. The van der Waals surface area contributed by atoms with Crippen molar-refractivity contribution in [2.75, 3.05) is 28.2 Å². The summed E-state index contributed by atoms with van der Waals surface area (Å²) in [5.74, 6) is -0.763. The van der Waals surface area contributed by atoms with Gasteiger partial charge in [-0.05, 0) is 31.5 Å². The fourth-order valence-corrected chi connectivity index (χ4v) is 3.61. The van der Waals surface area contributed by atoms with E-state index in [9.17, 15) is 27.9 Å². The summed E-state index contributed by atoms with van der Waals surface area (Å²) in [6.45, 7) is 2.07. The molecule has 4 rings (SSSR count). The minimum atomic E-state index is -4.59. The van der Waals surface area contributed by atoms with E-state index in [1.807, 2.05) is 10.2 Å². The fraction of sp³-hybridized carbons (Fsp3) is 0.368. The Hall–Kier alpha value is -3.57. The van der Waals surface area contributed by atoms with Gasteiger partial charge in [-0.2, -0.15) is 13.2 Å². The van der Waals surface area contributed by atoms with Gasteiger partial charge in [-0.15, -0.1) is 0 Å². The van der Waals surface area contributed by atoms with Crippen LogP contribution in [0.25, 0.3) is 0 Å². The first-order valence-electron chi connectivity index (χ1n) is 9.52. The number of halogens is 3. The first-order valence-corrected chi connectivity index (χ1v) is 9.52. The van der Waals surface area contributed by atoms with E-state index in [1.165, 1.54) is 29.3 Å². The highest BCUT2D eigenvalue weighted by atomic mass is 19.4. The third-order valence-corrected chi connectivity index (χ3v) is 5.22. The van der Waals surface area contributed by atoms with Gasteiger partial charge in [-0.1, -0.05) is 0 Å². The molecule has 0 spiro atoms. The molecule has 3 N–H and O–H groups in total. The first-order chi connectivity index (χ1) is 14.6. The lowest BCUT2D eigenvalue weighted by molar-refractivity contribution is -0.149. The van der Waals surface area contributed by atoms with E-state index in [4.69, 9.17) is 0 Å². The van der Waals surface area contributed by atoms with Crippen LogP contribution in [0.4, 0.5) is 35.3 Å². The van der Waals surface area contributed by atoms with Gasteiger partial charge < -0.3 is 15.3 Å². The molecule has 3 amide bonds. The number of nitrogens with zero attached hydrogens (tertiary/aromatic N) is 4. The van der Waals surface area contributed by atoms with Crippen molar-refractivity contribution in [1.82, 2.24) is 15.3 Å². The highest BCUT2D eigenvalue weighted by Crippen LogP contribution is 2.39. The number of amides is 3. The second-order valence-corrected chi connectivity index (χ2v) is 7.36. The van der Waals surface area contributed by atoms with E-state index in [0.717, 1.165) is 6.92 Å². The van der Waals surface area contributed by atoms with Crippen LogP contribution in [0.15, 0.2) is 30.5 Å². The molecule has 2 bridgehead atoms. The number of nitrogens with one attached hydrogen (secondary N) is 2. The van der Waals surface area contributed by atoms with Gasteiger partial charge in [-0.3, -0.25) is 15.0 Å². The van der Waals surface area contributed by atoms with Crippen molar-refractivity contribution in [2.24, 2.45) is 0 Å². The van der Waals surface area contributed by atoms with Crippen LogP contribution >= 0.6 is 0 Å². The molecule has 4 heterocycles. The van der Waals surface area contributed by atoms with Crippen molar-refractivity contribution in [3.63, 3.8) is 0 Å². The zero-order chi connectivity index (χ0) is 22.3. The Balaban J connectivity index is 1.63. The van der Waals surface area contributed by atoms with Gasteiger partial charge in [0.05, 0.1) is 11.7 Å². The number of aromatic nitrogens is 2. The number of anilines is 3. The van der Waals surface area contributed by atoms with Gasteiger partial charge in [0.1, 0.15) is 23.3 Å². The predicted octanol–water partition coefficient (Wildman–Crippen LogP) is 2.49. The molecule has 1 fully saturated rings. The number of rotatable bonds is 3. The molecule has 0 aliphatic carbocycles. The van der Waals surface area contributed by atoms with Crippen molar-refractivity contribution in [3.8, 4) is 5.75 Å². The van der Waals surface area contributed by atoms with Crippen molar-refractivity contribution >= 4 is 29.3 Å². The SMILES string of the molecule is C[C@@H](NC(=O)c1ccc2c(n1)N(C(=O)Nc1cc(O)ccn1)[C@H]1CCN2C1)C(F)(F)F. The lowest BCUT2D eigenvalue weighted by Crippen LogP contribution is -2.49. The number of hydrogen-bond donors (Lipinski definition) is 3. The molecule has 0 saturated carbocycles. The molecule has 0 radical (unpaired) electrons. The average molecular weight is 436 g/mol. The van der Waals surface area contributed by atoms with Crippen LogP contribution in [0, 0.1) is 0 Å². The molecular formula is C19H19F3N6O3. The Morgan fingerprint density at radius 3 is 2.77 bits per heavy atom. The summed E-state index contributed by atoms with van der Waals surface area (Å²) in [5, 5.41) is 14.0. The molecule has 2 aliphatic heterocycles. The minimum absolute atomic E-state index is 0.0766. The Labute approximate surface area is 174 Å². The third-order valence-electron chi connectivity index (χ3n) is 5.22. The van der Waals surface area contributed by atoms with Crippen molar-refractivity contribution in [3.05, 3.63) is 36.2 Å². The van der Waals surface area contributed by atoms with Crippen LogP contribution in [-0.2, 0) is 0 Å². The third kappa shape index (κ3) is 4.05. The largest absolute Gasteiger partial charge is 0.508 e. The van der Waals surface area contributed by atoms with Crippen LogP contribution < -0.4 is 20.4 Å². The molecule has 164 valence electrons. The van der Waals surface area contributed by atoms with Gasteiger partial charge >= 0.3 is 12.2 Å². The van der Waals surface area contributed by atoms with Crippen LogP contribution in [-0.4, -0.2) is 58.4 Å². The summed E-state index contributed by atoms with van der Waals surface area (Å²) < 4.78 is 38.4. The van der Waals surface area contributed by atoms with Crippen LogP contribution in [0.3, 0.4) is 0 Å². The number of aromatic hydroxyl groups is 1. The summed E-state index contributed by atoms with van der Waals surface area (Å²) in [6.07, 6.45) is -2.60. The maximum atomic E-state index is 13.0. The molecule has 2 aromatic rings. The predicted molar refractivity (Wildman–Crippen MR) is 105 cm³/mol. The number of fused-ring (bicyclic) bond motifs is 4. The number of hydrogen-bond acceptors (Lipinski definition) is 6. The van der Waals surface area contributed by atoms with Crippen LogP contribution in [0.5, 0.6) is 5.75 Å². The lowest BCUT2D eigenvalue weighted by atomic mass is 10.1. The van der Waals surface area contributed by atoms with Gasteiger partial charge in [0.2, 0.25) is 0 Å². The van der Waals surface area contributed by atoms with Gasteiger partial charge in [0, 0.05) is 25.4 Å². The maximum Gasteiger partial charge on any atom is 0.408 e. The maximum absolute atomic E-state index is 13.0. The van der Waals surface area contributed by atoms with Crippen molar-refractivity contribution in [1.29, 1.82) is 0 Å². The normalized spacial score (nSPS) is 18.4. The topological polar surface area (TPSA) is 111 Å². The Morgan fingerprint density at radius 2 is 2.06 bits per heavy atom. The second-order valence-electron chi connectivity index (χ2n) is 7.36. The molecule has 0 aromatic carbocycles. The van der Waals surface area contributed by atoms with E-state index >= 15 is 0 Å². The quantitative estimate of drug-likeness (QED) is 0.682. The van der Waals surface area contributed by atoms with Gasteiger partial charge in [0.25, 0.3) is 5.91 Å². The Bertz CT molecular complexity index is 1030. The molecule has 2 aromatic heterocycles. The van der Waals surface area contributed by atoms with E-state index in [-0.39, 0.29) is 29.1 Å². The molecule has 31 heavy (non-hydrogen) atoms. The van der Waals surface area contributed by atoms with E-state index < -0.39 is 24.2 Å². The summed E-state index contributed by atoms with van der Waals surface area (Å²) in [5.41, 5.74) is 0.374. The Morgan fingerprint density at radius 1 is 1.29 bits per heavy atom. The molecule has 0 unspecified atom stereocenters. The number of urea groups is 1. The molecule has 12 heteroatoms. The highest BCUT2D eigenvalue weighted by molar-refractivity contribution is 6.05. The first kappa shape index (κ1) is 20.7. The fourth-order valence-electron chi connectivity index (χ4n) is 3.61. The molecule has 2 atom stereocenters. The number of carbonyl (C=O) groups is 2. The van der Waals surface area contributed by atoms with E-state index in [2.05, 4.69) is 15.3 Å². The van der Waals surface area contributed by atoms with Crippen molar-refractivity contribution in [2.45, 2.75) is 31.6 Å². The molecule has 1 saturated heterocycles. The summed E-state index contributed by atoms with van der Waals surface area (Å²) in [4.78, 5) is 36.9. The smallest absolute Gasteiger partial charge is 0.408 e. The zero-order valence-corrected chi connectivity index (χ0v) is 16.3. The molecular weight excluding hydrogens is 417 g/mol. The average Bonchev–Trinajstić information content (AvgIpc) is 3.11. The summed E-state index contributed by atoms with van der Waals surface area (Å²) in [6, 6.07) is 2.69. The Kier molecular flexibility index (Phi) is 5.07. The monoisotopic (exact) mass is 436 g/mol. The van der Waals surface area contributed by atoms with Crippen LogP contribution in [0.2, 0.25) is 0 Å². The van der Waals surface area contributed by atoms with Gasteiger partial charge in [0.15, 0.2) is 5.82 Å². The summed E-state index contributed by atoms with van der Waals surface area (Å²) in [7, 11) is 0. The number of carbonyl (C=O) groups excluding carboxylic acids is 2. The number of alkyl halides is 3. The summed E-state index contributed by atoms with van der Waals surface area (Å²) >= 11 is 0. The minimum Gasteiger partial charge on any atom is -0.508 e.